The Hall–Kier alpha value is -2.64. The van der Waals surface area contributed by atoms with Crippen molar-refractivity contribution in [3.05, 3.63) is 59.4 Å². The van der Waals surface area contributed by atoms with Gasteiger partial charge in [0.15, 0.2) is 0 Å². The van der Waals surface area contributed by atoms with E-state index in [0.29, 0.717) is 36.8 Å². The maximum atomic E-state index is 13.4. The van der Waals surface area contributed by atoms with Gasteiger partial charge in [0, 0.05) is 19.6 Å². The molecule has 1 fully saturated rings. The number of carbonyl (C=O) groups is 1. The van der Waals surface area contributed by atoms with Gasteiger partial charge in [-0.3, -0.25) is 9.69 Å². The first-order valence-corrected chi connectivity index (χ1v) is 9.20. The second-order valence-corrected chi connectivity index (χ2v) is 6.46. The molecule has 2 aromatic rings. The molecule has 0 unspecified atom stereocenters. The van der Waals surface area contributed by atoms with E-state index in [4.69, 9.17) is 14.2 Å². The van der Waals surface area contributed by atoms with Crippen LogP contribution in [0.3, 0.4) is 0 Å². The van der Waals surface area contributed by atoms with Gasteiger partial charge in [-0.15, -0.1) is 0 Å². The number of amides is 1. The normalized spacial score (nSPS) is 15.7. The van der Waals surface area contributed by atoms with Crippen LogP contribution < -0.4 is 14.8 Å². The van der Waals surface area contributed by atoms with Crippen LogP contribution in [0.5, 0.6) is 11.5 Å². The second-order valence-electron chi connectivity index (χ2n) is 6.46. The first-order chi connectivity index (χ1) is 13.6. The van der Waals surface area contributed by atoms with Crippen molar-refractivity contribution in [2.24, 2.45) is 0 Å². The summed E-state index contributed by atoms with van der Waals surface area (Å²) < 4.78 is 29.4. The fraction of sp³-hybridized carbons (Fsp3) is 0.381. The molecular weight excluding hydrogens is 363 g/mol. The molecule has 7 heteroatoms. The monoisotopic (exact) mass is 388 g/mol. The summed E-state index contributed by atoms with van der Waals surface area (Å²) in [7, 11) is 3.03. The first kappa shape index (κ1) is 20.1. The molecule has 1 saturated heterocycles. The molecular formula is C21H25FN2O4. The van der Waals surface area contributed by atoms with Gasteiger partial charge >= 0.3 is 0 Å². The summed E-state index contributed by atoms with van der Waals surface area (Å²) in [5, 5.41) is 2.98. The number of hydrogen-bond donors (Lipinski definition) is 1. The molecule has 0 spiro atoms. The highest BCUT2D eigenvalue weighted by atomic mass is 19.1. The van der Waals surface area contributed by atoms with Crippen LogP contribution in [0.15, 0.2) is 42.5 Å². The molecule has 0 bridgehead atoms. The molecule has 0 aromatic heterocycles. The first-order valence-electron chi connectivity index (χ1n) is 9.20. The molecule has 2 aromatic carbocycles. The molecule has 1 amide bonds. The zero-order chi connectivity index (χ0) is 19.9. The Morgan fingerprint density at radius 3 is 2.29 bits per heavy atom. The number of nitrogens with zero attached hydrogens (tertiary/aromatic N) is 1. The standard InChI is InChI=1S/C21H25FN2O4/c1-26-18-4-3-5-19(27-2)20(18)21(25)23-14-17(24-10-12-28-13-11-24)15-6-8-16(22)9-7-15/h3-9,17H,10-14H2,1-2H3,(H,23,25)/t17-/m0/s1. The molecule has 1 aliphatic rings. The van der Waals surface area contributed by atoms with Crippen LogP contribution in [0.2, 0.25) is 0 Å². The molecule has 3 rings (SSSR count). The second kappa shape index (κ2) is 9.52. The van der Waals surface area contributed by atoms with E-state index in [9.17, 15) is 9.18 Å². The molecule has 6 nitrogen and oxygen atoms in total. The number of hydrogen-bond acceptors (Lipinski definition) is 5. The van der Waals surface area contributed by atoms with Gasteiger partial charge < -0.3 is 19.5 Å². The molecule has 150 valence electrons. The van der Waals surface area contributed by atoms with E-state index < -0.39 is 0 Å². The lowest BCUT2D eigenvalue weighted by Crippen LogP contribution is -2.43. The van der Waals surface area contributed by atoms with Crippen molar-refractivity contribution in [1.29, 1.82) is 0 Å². The van der Waals surface area contributed by atoms with Crippen molar-refractivity contribution in [1.82, 2.24) is 10.2 Å². The number of carbonyl (C=O) groups excluding carboxylic acids is 1. The van der Waals surface area contributed by atoms with Crippen LogP contribution in [0.4, 0.5) is 4.39 Å². The fourth-order valence-electron chi connectivity index (χ4n) is 3.38. The van der Waals surface area contributed by atoms with E-state index in [1.807, 2.05) is 0 Å². The van der Waals surface area contributed by atoms with Gasteiger partial charge in [-0.1, -0.05) is 18.2 Å². The Morgan fingerprint density at radius 2 is 1.71 bits per heavy atom. The number of benzene rings is 2. The summed E-state index contributed by atoms with van der Waals surface area (Å²) in [6, 6.07) is 11.5. The van der Waals surface area contributed by atoms with E-state index in [0.717, 1.165) is 18.7 Å². The van der Waals surface area contributed by atoms with Crippen molar-refractivity contribution in [2.45, 2.75) is 6.04 Å². The number of ether oxygens (including phenoxy) is 3. The topological polar surface area (TPSA) is 60.0 Å². The van der Waals surface area contributed by atoms with E-state index in [-0.39, 0.29) is 17.8 Å². The number of morpholine rings is 1. The predicted octanol–water partition coefficient (Wildman–Crippen LogP) is 2.65. The van der Waals surface area contributed by atoms with E-state index >= 15 is 0 Å². The van der Waals surface area contributed by atoms with Crippen LogP contribution in [-0.4, -0.2) is 57.9 Å². The molecule has 1 atom stereocenters. The molecule has 1 N–H and O–H groups in total. The highest BCUT2D eigenvalue weighted by molar-refractivity contribution is 5.99. The largest absolute Gasteiger partial charge is 0.496 e. The van der Waals surface area contributed by atoms with Crippen LogP contribution in [0.25, 0.3) is 0 Å². The minimum atomic E-state index is -0.285. The third-order valence-corrected chi connectivity index (χ3v) is 4.85. The van der Waals surface area contributed by atoms with Gasteiger partial charge in [-0.25, -0.2) is 4.39 Å². The van der Waals surface area contributed by atoms with E-state index in [1.165, 1.54) is 26.4 Å². The fourth-order valence-corrected chi connectivity index (χ4v) is 3.38. The number of halogens is 1. The molecule has 0 saturated carbocycles. The summed E-state index contributed by atoms with van der Waals surface area (Å²) in [6.45, 7) is 3.12. The van der Waals surface area contributed by atoms with Crippen LogP contribution >= 0.6 is 0 Å². The molecule has 0 radical (unpaired) electrons. The number of methoxy groups -OCH3 is 2. The predicted molar refractivity (Wildman–Crippen MR) is 103 cm³/mol. The Bertz CT molecular complexity index is 769. The molecule has 28 heavy (non-hydrogen) atoms. The van der Waals surface area contributed by atoms with Gasteiger partial charge in [0.2, 0.25) is 0 Å². The lowest BCUT2D eigenvalue weighted by atomic mass is 10.0. The minimum absolute atomic E-state index is 0.0887. The Kier molecular flexibility index (Phi) is 6.84. The van der Waals surface area contributed by atoms with Crippen LogP contribution in [-0.2, 0) is 4.74 Å². The number of nitrogens with one attached hydrogen (secondary N) is 1. The molecule has 1 heterocycles. The van der Waals surface area contributed by atoms with Crippen molar-refractivity contribution in [3.63, 3.8) is 0 Å². The van der Waals surface area contributed by atoms with Gasteiger partial charge in [0.05, 0.1) is 33.5 Å². The summed E-state index contributed by atoms with van der Waals surface area (Å²) in [5.41, 5.74) is 1.29. The third kappa shape index (κ3) is 4.61. The lowest BCUT2D eigenvalue weighted by molar-refractivity contribution is 0.0162. The summed E-state index contributed by atoms with van der Waals surface area (Å²) in [4.78, 5) is 15.1. The van der Waals surface area contributed by atoms with Crippen molar-refractivity contribution in [3.8, 4) is 11.5 Å². The van der Waals surface area contributed by atoms with E-state index in [2.05, 4.69) is 10.2 Å². The van der Waals surface area contributed by atoms with E-state index in [1.54, 1.807) is 30.3 Å². The summed E-state index contributed by atoms with van der Waals surface area (Å²) in [5.74, 6) is 0.324. The highest BCUT2D eigenvalue weighted by Crippen LogP contribution is 2.28. The molecule has 0 aliphatic carbocycles. The Labute approximate surface area is 164 Å². The van der Waals surface area contributed by atoms with Crippen molar-refractivity contribution < 1.29 is 23.4 Å². The number of rotatable bonds is 7. The van der Waals surface area contributed by atoms with Crippen molar-refractivity contribution >= 4 is 5.91 Å². The minimum Gasteiger partial charge on any atom is -0.496 e. The zero-order valence-corrected chi connectivity index (χ0v) is 16.1. The zero-order valence-electron chi connectivity index (χ0n) is 16.1. The Balaban J connectivity index is 1.80. The van der Waals surface area contributed by atoms with Gasteiger partial charge in [0.25, 0.3) is 5.91 Å². The molecule has 1 aliphatic heterocycles. The smallest absolute Gasteiger partial charge is 0.258 e. The lowest BCUT2D eigenvalue weighted by Gasteiger charge is -2.35. The van der Waals surface area contributed by atoms with Gasteiger partial charge in [0.1, 0.15) is 22.9 Å². The Morgan fingerprint density at radius 1 is 1.11 bits per heavy atom. The maximum absolute atomic E-state index is 13.4. The average molecular weight is 388 g/mol. The van der Waals surface area contributed by atoms with Crippen LogP contribution in [0.1, 0.15) is 22.0 Å². The average Bonchev–Trinajstić information content (AvgIpc) is 2.75. The van der Waals surface area contributed by atoms with Crippen molar-refractivity contribution in [2.75, 3.05) is 47.1 Å². The maximum Gasteiger partial charge on any atom is 0.258 e. The third-order valence-electron chi connectivity index (χ3n) is 4.85. The summed E-state index contributed by atoms with van der Waals surface area (Å²) >= 11 is 0. The highest BCUT2D eigenvalue weighted by Gasteiger charge is 2.25. The van der Waals surface area contributed by atoms with Crippen LogP contribution in [0, 0.1) is 5.82 Å². The SMILES string of the molecule is COc1cccc(OC)c1C(=O)NC[C@@H](c1ccc(F)cc1)N1CCOCC1. The van der Waals surface area contributed by atoms with Gasteiger partial charge in [-0.05, 0) is 29.8 Å². The summed E-state index contributed by atoms with van der Waals surface area (Å²) in [6.07, 6.45) is 0. The quantitative estimate of drug-likeness (QED) is 0.790. The van der Waals surface area contributed by atoms with Gasteiger partial charge in [-0.2, -0.15) is 0 Å².